The number of halogens is 1. The quantitative estimate of drug-likeness (QED) is 0.667. The minimum Gasteiger partial charge on any atom is -0.275 e. The third kappa shape index (κ3) is 1.99. The van der Waals surface area contributed by atoms with Crippen molar-refractivity contribution in [3.05, 3.63) is 24.0 Å². The Hall–Kier alpha value is -0.570. The summed E-state index contributed by atoms with van der Waals surface area (Å²) in [7, 11) is 1.91. The molecule has 0 amide bonds. The lowest BCUT2D eigenvalue weighted by atomic mass is 10.4. The number of nitrogens with zero attached hydrogens (tertiary/aromatic N) is 2. The molecule has 1 aromatic heterocycles. The van der Waals surface area contributed by atoms with E-state index >= 15 is 0 Å². The Bertz CT molecular complexity index is 227. The first kappa shape index (κ1) is 7.54. The fourth-order valence-corrected chi connectivity index (χ4v) is 0.874. The SMILES string of the molecule is Cn1ccc(C=CCBr)n1. The molecule has 0 N–H and O–H groups in total. The third-order valence-corrected chi connectivity index (χ3v) is 1.49. The predicted molar refractivity (Wildman–Crippen MR) is 46.0 cm³/mol. The summed E-state index contributed by atoms with van der Waals surface area (Å²) in [5.41, 5.74) is 1.00. The van der Waals surface area contributed by atoms with Gasteiger partial charge in [0.25, 0.3) is 0 Å². The van der Waals surface area contributed by atoms with Gasteiger partial charge in [0.15, 0.2) is 0 Å². The van der Waals surface area contributed by atoms with E-state index in [2.05, 4.69) is 21.0 Å². The first-order chi connectivity index (χ1) is 4.83. The van der Waals surface area contributed by atoms with Crippen LogP contribution in [0.3, 0.4) is 0 Å². The van der Waals surface area contributed by atoms with E-state index in [1.54, 1.807) is 4.68 Å². The Morgan fingerprint density at radius 3 is 3.10 bits per heavy atom. The molecule has 2 nitrogen and oxygen atoms in total. The number of rotatable bonds is 2. The minimum atomic E-state index is 0.879. The van der Waals surface area contributed by atoms with Crippen LogP contribution in [0.25, 0.3) is 6.08 Å². The molecule has 0 spiro atoms. The van der Waals surface area contributed by atoms with E-state index in [1.165, 1.54) is 0 Å². The molecule has 54 valence electrons. The number of aryl methyl sites for hydroxylation is 1. The standard InChI is InChI=1S/C7H9BrN2/c1-10-6-4-7(9-10)3-2-5-8/h2-4,6H,5H2,1H3. The first-order valence-electron chi connectivity index (χ1n) is 3.05. The van der Waals surface area contributed by atoms with Gasteiger partial charge in [-0.2, -0.15) is 5.10 Å². The molecule has 0 aliphatic carbocycles. The summed E-state index contributed by atoms with van der Waals surface area (Å²) >= 11 is 3.29. The summed E-state index contributed by atoms with van der Waals surface area (Å²) in [4.78, 5) is 0. The Kier molecular flexibility index (Phi) is 2.68. The Balaban J connectivity index is 2.67. The van der Waals surface area contributed by atoms with Crippen molar-refractivity contribution in [2.45, 2.75) is 0 Å². The van der Waals surface area contributed by atoms with Crippen molar-refractivity contribution in [2.24, 2.45) is 7.05 Å². The van der Waals surface area contributed by atoms with E-state index < -0.39 is 0 Å². The van der Waals surface area contributed by atoms with E-state index in [-0.39, 0.29) is 0 Å². The molecular weight excluding hydrogens is 192 g/mol. The van der Waals surface area contributed by atoms with Crippen LogP contribution in [-0.4, -0.2) is 15.1 Å². The fourth-order valence-electron chi connectivity index (χ4n) is 0.687. The predicted octanol–water partition coefficient (Wildman–Crippen LogP) is 1.83. The molecule has 3 heteroatoms. The van der Waals surface area contributed by atoms with E-state index in [9.17, 15) is 0 Å². The highest BCUT2D eigenvalue weighted by Gasteiger charge is 1.87. The zero-order valence-electron chi connectivity index (χ0n) is 5.79. The average Bonchev–Trinajstić information content (AvgIpc) is 2.31. The summed E-state index contributed by atoms with van der Waals surface area (Å²) in [6.07, 6.45) is 5.92. The lowest BCUT2D eigenvalue weighted by Gasteiger charge is -1.82. The van der Waals surface area contributed by atoms with E-state index in [0.29, 0.717) is 0 Å². The van der Waals surface area contributed by atoms with Gasteiger partial charge >= 0.3 is 0 Å². The lowest BCUT2D eigenvalue weighted by molar-refractivity contribution is 0.764. The van der Waals surface area contributed by atoms with Gasteiger partial charge in [0.1, 0.15) is 0 Å². The van der Waals surface area contributed by atoms with Crippen molar-refractivity contribution in [3.63, 3.8) is 0 Å². The molecule has 0 saturated heterocycles. The van der Waals surface area contributed by atoms with Gasteiger partial charge in [-0.05, 0) is 12.1 Å². The maximum absolute atomic E-state index is 4.16. The van der Waals surface area contributed by atoms with Crippen LogP contribution in [-0.2, 0) is 7.05 Å². The van der Waals surface area contributed by atoms with Crippen LogP contribution < -0.4 is 0 Å². The smallest absolute Gasteiger partial charge is 0.0847 e. The summed E-state index contributed by atoms with van der Waals surface area (Å²) in [5, 5.41) is 5.04. The normalized spacial score (nSPS) is 11.0. The largest absolute Gasteiger partial charge is 0.275 e. The highest BCUT2D eigenvalue weighted by atomic mass is 79.9. The summed E-state index contributed by atoms with van der Waals surface area (Å²) in [6, 6.07) is 1.97. The van der Waals surface area contributed by atoms with Crippen LogP contribution in [0.4, 0.5) is 0 Å². The van der Waals surface area contributed by atoms with Gasteiger partial charge in [0.05, 0.1) is 5.69 Å². The van der Waals surface area contributed by atoms with Crippen LogP contribution in [0.5, 0.6) is 0 Å². The van der Waals surface area contributed by atoms with Gasteiger partial charge in [0.2, 0.25) is 0 Å². The van der Waals surface area contributed by atoms with Crippen LogP contribution in [0.1, 0.15) is 5.69 Å². The van der Waals surface area contributed by atoms with E-state index in [1.807, 2.05) is 31.5 Å². The topological polar surface area (TPSA) is 17.8 Å². The number of hydrogen-bond donors (Lipinski definition) is 0. The van der Waals surface area contributed by atoms with Gasteiger partial charge in [-0.1, -0.05) is 22.0 Å². The highest BCUT2D eigenvalue weighted by Crippen LogP contribution is 1.97. The van der Waals surface area contributed by atoms with Crippen LogP contribution in [0, 0.1) is 0 Å². The number of aromatic nitrogens is 2. The molecule has 1 heterocycles. The lowest BCUT2D eigenvalue weighted by Crippen LogP contribution is -1.86. The van der Waals surface area contributed by atoms with Crippen LogP contribution >= 0.6 is 15.9 Å². The number of allylic oxidation sites excluding steroid dienone is 1. The zero-order chi connectivity index (χ0) is 7.40. The summed E-state index contributed by atoms with van der Waals surface area (Å²) in [6.45, 7) is 0. The third-order valence-electron chi connectivity index (χ3n) is 1.11. The van der Waals surface area contributed by atoms with Gasteiger partial charge < -0.3 is 0 Å². The fraction of sp³-hybridized carbons (Fsp3) is 0.286. The number of alkyl halides is 1. The summed E-state index contributed by atoms with van der Waals surface area (Å²) < 4.78 is 1.79. The van der Waals surface area contributed by atoms with Crippen molar-refractivity contribution in [2.75, 3.05) is 5.33 Å². The highest BCUT2D eigenvalue weighted by molar-refractivity contribution is 9.09. The molecule has 10 heavy (non-hydrogen) atoms. The second-order valence-corrected chi connectivity index (χ2v) is 2.62. The molecule has 0 saturated carbocycles. The first-order valence-corrected chi connectivity index (χ1v) is 4.17. The molecule has 0 aromatic carbocycles. The van der Waals surface area contributed by atoms with Crippen molar-refractivity contribution in [1.82, 2.24) is 9.78 Å². The Morgan fingerprint density at radius 1 is 1.80 bits per heavy atom. The molecule has 1 rings (SSSR count). The maximum Gasteiger partial charge on any atom is 0.0847 e. The Labute approximate surface area is 68.7 Å². The molecule has 0 fully saturated rings. The van der Waals surface area contributed by atoms with Crippen molar-refractivity contribution in [3.8, 4) is 0 Å². The van der Waals surface area contributed by atoms with Gasteiger partial charge in [-0.3, -0.25) is 4.68 Å². The monoisotopic (exact) mass is 200 g/mol. The Morgan fingerprint density at radius 2 is 2.60 bits per heavy atom. The van der Waals surface area contributed by atoms with Gasteiger partial charge in [-0.15, -0.1) is 0 Å². The van der Waals surface area contributed by atoms with Crippen molar-refractivity contribution >= 4 is 22.0 Å². The molecule has 0 bridgehead atoms. The average molecular weight is 201 g/mol. The van der Waals surface area contributed by atoms with Gasteiger partial charge in [-0.25, -0.2) is 0 Å². The van der Waals surface area contributed by atoms with Crippen molar-refractivity contribution < 1.29 is 0 Å². The van der Waals surface area contributed by atoms with E-state index in [4.69, 9.17) is 0 Å². The summed E-state index contributed by atoms with van der Waals surface area (Å²) in [5.74, 6) is 0. The van der Waals surface area contributed by atoms with Gasteiger partial charge in [0, 0.05) is 18.6 Å². The van der Waals surface area contributed by atoms with E-state index in [0.717, 1.165) is 11.0 Å². The molecule has 0 radical (unpaired) electrons. The minimum absolute atomic E-state index is 0.879. The maximum atomic E-state index is 4.16. The molecule has 0 aliphatic rings. The second kappa shape index (κ2) is 3.56. The molecular formula is C7H9BrN2. The van der Waals surface area contributed by atoms with Crippen molar-refractivity contribution in [1.29, 1.82) is 0 Å². The molecule has 0 unspecified atom stereocenters. The molecule has 0 atom stereocenters. The zero-order valence-corrected chi connectivity index (χ0v) is 7.37. The number of hydrogen-bond acceptors (Lipinski definition) is 1. The van der Waals surface area contributed by atoms with Crippen LogP contribution in [0.15, 0.2) is 18.3 Å². The van der Waals surface area contributed by atoms with Crippen LogP contribution in [0.2, 0.25) is 0 Å². The molecule has 1 aromatic rings. The second-order valence-electron chi connectivity index (χ2n) is 1.97. The molecule has 0 aliphatic heterocycles.